The number of benzene rings is 1. The van der Waals surface area contributed by atoms with E-state index in [4.69, 9.17) is 16.6 Å². The Morgan fingerprint density at radius 3 is 2.71 bits per heavy atom. The van der Waals surface area contributed by atoms with Crippen LogP contribution in [0.15, 0.2) is 35.4 Å². The van der Waals surface area contributed by atoms with Crippen LogP contribution in [0.25, 0.3) is 16.0 Å². The second-order valence-corrected chi connectivity index (χ2v) is 8.82. The maximum absolute atomic E-state index is 12.8. The molecule has 0 unspecified atom stereocenters. The van der Waals surface area contributed by atoms with Crippen molar-refractivity contribution in [1.29, 1.82) is 0 Å². The third kappa shape index (κ3) is 3.88. The number of nitrogens with one attached hydrogen (secondary N) is 1. The predicted molar refractivity (Wildman–Crippen MR) is 121 cm³/mol. The highest BCUT2D eigenvalue weighted by atomic mass is 35.5. The average molecular weight is 458 g/mol. The normalized spacial score (nSPS) is 14.8. The number of fused-ring (bicyclic) bond motifs is 3. The molecule has 160 valence electrons. The van der Waals surface area contributed by atoms with Gasteiger partial charge < -0.3 is 10.2 Å². The van der Waals surface area contributed by atoms with E-state index in [2.05, 4.69) is 20.3 Å². The average Bonchev–Trinajstić information content (AvgIpc) is 3.20. The minimum Gasteiger partial charge on any atom is -0.348 e. The van der Waals surface area contributed by atoms with Gasteiger partial charge in [0.1, 0.15) is 18.4 Å². The highest BCUT2D eigenvalue weighted by Crippen LogP contribution is 2.30. The Bertz CT molecular complexity index is 1320. The molecule has 11 heteroatoms. The molecule has 1 aromatic carbocycles. The quantitative estimate of drug-likeness (QED) is 0.505. The van der Waals surface area contributed by atoms with E-state index in [1.165, 1.54) is 34.9 Å². The van der Waals surface area contributed by atoms with Crippen LogP contribution in [0.1, 0.15) is 25.7 Å². The molecule has 1 fully saturated rings. The van der Waals surface area contributed by atoms with Crippen LogP contribution in [0.3, 0.4) is 0 Å². The lowest BCUT2D eigenvalue weighted by molar-refractivity contribution is -0.117. The van der Waals surface area contributed by atoms with Crippen molar-refractivity contribution in [2.45, 2.75) is 32.2 Å². The van der Waals surface area contributed by atoms with E-state index in [0.29, 0.717) is 21.9 Å². The molecule has 3 aromatic heterocycles. The zero-order chi connectivity index (χ0) is 21.4. The summed E-state index contributed by atoms with van der Waals surface area (Å²) in [4.78, 5) is 37.4. The summed E-state index contributed by atoms with van der Waals surface area (Å²) in [5.74, 6) is -0.397. The molecule has 1 aliphatic rings. The number of carbonyl (C=O) groups excluding carboxylic acids is 1. The highest BCUT2D eigenvalue weighted by Gasteiger charge is 2.20. The first-order chi connectivity index (χ1) is 15.1. The van der Waals surface area contributed by atoms with Crippen LogP contribution >= 0.6 is 22.9 Å². The zero-order valence-corrected chi connectivity index (χ0v) is 18.2. The van der Waals surface area contributed by atoms with Crippen LogP contribution < -0.4 is 15.9 Å². The molecular formula is C20H20ClN7O2S. The van der Waals surface area contributed by atoms with Gasteiger partial charge in [-0.3, -0.25) is 4.79 Å². The summed E-state index contributed by atoms with van der Waals surface area (Å²) in [6.07, 6.45) is 6.21. The summed E-state index contributed by atoms with van der Waals surface area (Å²) in [7, 11) is 0. The molecule has 0 aliphatic carbocycles. The molecule has 1 aliphatic heterocycles. The molecule has 1 N–H and O–H groups in total. The van der Waals surface area contributed by atoms with Gasteiger partial charge in [0.2, 0.25) is 5.91 Å². The SMILES string of the molecule is O=C(Cn1nc2c3nc(N4CCCCCC4)sc3ncn2c1=O)Nc1ccccc1Cl. The Labute approximate surface area is 186 Å². The van der Waals surface area contributed by atoms with Gasteiger partial charge in [0.25, 0.3) is 0 Å². The van der Waals surface area contributed by atoms with Crippen molar-refractivity contribution < 1.29 is 4.79 Å². The van der Waals surface area contributed by atoms with Gasteiger partial charge in [-0.15, -0.1) is 5.10 Å². The minimum absolute atomic E-state index is 0.240. The molecule has 1 amide bonds. The number of amides is 1. The summed E-state index contributed by atoms with van der Waals surface area (Å²) in [5, 5.41) is 8.41. The third-order valence-corrected chi connectivity index (χ3v) is 6.64. The molecule has 0 saturated carbocycles. The van der Waals surface area contributed by atoms with Crippen LogP contribution in [0.2, 0.25) is 5.02 Å². The van der Waals surface area contributed by atoms with Crippen molar-refractivity contribution in [3.8, 4) is 0 Å². The van der Waals surface area contributed by atoms with Gasteiger partial charge in [0, 0.05) is 13.1 Å². The number of carbonyl (C=O) groups is 1. The van der Waals surface area contributed by atoms with Gasteiger partial charge in [-0.2, -0.15) is 0 Å². The molecule has 4 heterocycles. The summed E-state index contributed by atoms with van der Waals surface area (Å²) in [6.45, 7) is 1.70. The van der Waals surface area contributed by atoms with Crippen LogP contribution in [-0.4, -0.2) is 43.1 Å². The number of anilines is 2. The standard InChI is InChI=1S/C20H20ClN7O2S/c21-13-7-3-4-8-14(13)23-15(29)11-28-20(30)27-12-22-18-16(17(27)25-28)24-19(31-18)26-9-5-1-2-6-10-26/h3-4,7-8,12H,1-2,5-6,9-11H2,(H,23,29). The molecule has 0 radical (unpaired) electrons. The van der Waals surface area contributed by atoms with E-state index in [9.17, 15) is 9.59 Å². The molecule has 4 aromatic rings. The zero-order valence-electron chi connectivity index (χ0n) is 16.6. The van der Waals surface area contributed by atoms with Crippen LogP contribution in [0, 0.1) is 0 Å². The number of para-hydroxylation sites is 1. The Morgan fingerprint density at radius 2 is 1.94 bits per heavy atom. The fourth-order valence-corrected chi connectivity index (χ4v) is 4.86. The summed E-state index contributed by atoms with van der Waals surface area (Å²) in [6, 6.07) is 6.92. The monoisotopic (exact) mass is 457 g/mol. The number of thiazole rings is 1. The first-order valence-corrected chi connectivity index (χ1v) is 11.3. The van der Waals surface area contributed by atoms with E-state index >= 15 is 0 Å². The lowest BCUT2D eigenvalue weighted by atomic mass is 10.2. The number of hydrogen-bond donors (Lipinski definition) is 1. The maximum atomic E-state index is 12.8. The summed E-state index contributed by atoms with van der Waals surface area (Å²) < 4.78 is 2.45. The van der Waals surface area contributed by atoms with Crippen molar-refractivity contribution in [2.75, 3.05) is 23.3 Å². The number of rotatable bonds is 4. The van der Waals surface area contributed by atoms with Gasteiger partial charge >= 0.3 is 5.69 Å². The fourth-order valence-electron chi connectivity index (χ4n) is 3.72. The number of nitrogens with zero attached hydrogens (tertiary/aromatic N) is 6. The van der Waals surface area contributed by atoms with Gasteiger partial charge in [-0.25, -0.2) is 23.8 Å². The second kappa shape index (κ2) is 8.27. The highest BCUT2D eigenvalue weighted by molar-refractivity contribution is 7.21. The van der Waals surface area contributed by atoms with Crippen LogP contribution in [0.4, 0.5) is 10.8 Å². The minimum atomic E-state index is -0.442. The van der Waals surface area contributed by atoms with Crippen molar-refractivity contribution in [2.24, 2.45) is 0 Å². The Kier molecular flexibility index (Phi) is 5.33. The molecule has 0 bridgehead atoms. The molecule has 9 nitrogen and oxygen atoms in total. The van der Waals surface area contributed by atoms with E-state index in [1.54, 1.807) is 24.3 Å². The van der Waals surface area contributed by atoms with Crippen molar-refractivity contribution >= 4 is 55.7 Å². The van der Waals surface area contributed by atoms with E-state index in [-0.39, 0.29) is 6.54 Å². The van der Waals surface area contributed by atoms with E-state index in [1.807, 2.05) is 0 Å². The van der Waals surface area contributed by atoms with Gasteiger partial charge in [-0.05, 0) is 25.0 Å². The van der Waals surface area contributed by atoms with Gasteiger partial charge in [0.15, 0.2) is 15.6 Å². The fraction of sp³-hybridized carbons (Fsp3) is 0.350. The topological polar surface area (TPSA) is 97.4 Å². The van der Waals surface area contributed by atoms with E-state index in [0.717, 1.165) is 40.6 Å². The molecular weight excluding hydrogens is 438 g/mol. The largest absolute Gasteiger partial charge is 0.352 e. The van der Waals surface area contributed by atoms with E-state index < -0.39 is 11.6 Å². The lowest BCUT2D eigenvalue weighted by Gasteiger charge is -2.18. The van der Waals surface area contributed by atoms with Crippen LogP contribution in [0.5, 0.6) is 0 Å². The molecule has 1 saturated heterocycles. The van der Waals surface area contributed by atoms with Gasteiger partial charge in [-0.1, -0.05) is 47.9 Å². The number of halogens is 1. The van der Waals surface area contributed by atoms with Gasteiger partial charge in [0.05, 0.1) is 10.7 Å². The lowest BCUT2D eigenvalue weighted by Crippen LogP contribution is -2.28. The first kappa shape index (κ1) is 20.0. The Balaban J connectivity index is 1.45. The van der Waals surface area contributed by atoms with Crippen molar-refractivity contribution in [3.63, 3.8) is 0 Å². The Hall–Kier alpha value is -2.98. The Morgan fingerprint density at radius 1 is 1.16 bits per heavy atom. The summed E-state index contributed by atoms with van der Waals surface area (Å²) in [5.41, 5.74) is 1.02. The van der Waals surface area contributed by atoms with Crippen molar-refractivity contribution in [3.05, 3.63) is 46.1 Å². The second-order valence-electron chi connectivity index (χ2n) is 7.46. The van der Waals surface area contributed by atoms with Crippen LogP contribution in [-0.2, 0) is 11.3 Å². The maximum Gasteiger partial charge on any atom is 0.352 e. The first-order valence-electron chi connectivity index (χ1n) is 10.1. The smallest absolute Gasteiger partial charge is 0.348 e. The summed E-state index contributed by atoms with van der Waals surface area (Å²) >= 11 is 7.59. The molecule has 5 rings (SSSR count). The molecule has 0 spiro atoms. The predicted octanol–water partition coefficient (Wildman–Crippen LogP) is 3.17. The molecule has 31 heavy (non-hydrogen) atoms. The number of aromatic nitrogens is 5. The van der Waals surface area contributed by atoms with Crippen molar-refractivity contribution in [1.82, 2.24) is 24.1 Å². The third-order valence-electron chi connectivity index (χ3n) is 5.29. The molecule has 0 atom stereocenters. The number of hydrogen-bond acceptors (Lipinski definition) is 7.